The van der Waals surface area contributed by atoms with Crippen LogP contribution >= 0.6 is 0 Å². The second-order valence-electron chi connectivity index (χ2n) is 10.2. The molecule has 2 N–H and O–H groups in total. The maximum absolute atomic E-state index is 14.8. The average Bonchev–Trinajstić information content (AvgIpc) is 2.80. The van der Waals surface area contributed by atoms with Gasteiger partial charge in [0.05, 0.1) is 8.07 Å². The Bertz CT molecular complexity index is 1210. The molecule has 1 aliphatic rings. The van der Waals surface area contributed by atoms with Gasteiger partial charge >= 0.3 is 12.1 Å². The lowest BCUT2D eigenvalue weighted by atomic mass is 9.91. The van der Waals surface area contributed by atoms with E-state index < -0.39 is 50.5 Å². The van der Waals surface area contributed by atoms with E-state index in [0.29, 0.717) is 16.3 Å². The van der Waals surface area contributed by atoms with Crippen molar-refractivity contribution in [2.45, 2.75) is 57.5 Å². The standard InChI is InChI=1S/C26H30F4N2O5Si/c1-38(2,3)21-10-7-17(14-20(21)27)31-25(36)24-19-9-8-18(37-15-26(28,29)30)13-16(19)11-12-32(24)22(33)5-4-6-23(34)35/h7-10,13-14,24H,4-6,11-12,15H2,1-3H3,(H,31,36)(H,34,35). The fraction of sp³-hybridized carbons (Fsp3) is 0.423. The SMILES string of the molecule is C[Si](C)(C)c1ccc(NC(=O)C2c3ccc(OCC(F)(F)F)cc3CCN2C(=O)CCCC(=O)O)cc1F. The van der Waals surface area contributed by atoms with Gasteiger partial charge in [-0.25, -0.2) is 4.39 Å². The van der Waals surface area contributed by atoms with Gasteiger partial charge in [0.25, 0.3) is 5.91 Å². The number of hydrogen-bond acceptors (Lipinski definition) is 4. The molecule has 0 aliphatic carbocycles. The summed E-state index contributed by atoms with van der Waals surface area (Å²) in [5.74, 6) is -2.58. The molecule has 1 unspecified atom stereocenters. The summed E-state index contributed by atoms with van der Waals surface area (Å²) in [7, 11) is -1.96. The summed E-state index contributed by atoms with van der Waals surface area (Å²) in [4.78, 5) is 38.6. The molecule has 0 radical (unpaired) electrons. The molecule has 0 saturated carbocycles. The second kappa shape index (κ2) is 11.5. The molecule has 2 aromatic carbocycles. The first-order valence-electron chi connectivity index (χ1n) is 12.1. The summed E-state index contributed by atoms with van der Waals surface area (Å²) in [6.07, 6.45) is -4.49. The number of nitrogens with zero attached hydrogens (tertiary/aromatic N) is 1. The lowest BCUT2D eigenvalue weighted by Crippen LogP contribution is -2.45. The van der Waals surface area contributed by atoms with Crippen LogP contribution < -0.4 is 15.2 Å². The zero-order chi connectivity index (χ0) is 28.3. The maximum Gasteiger partial charge on any atom is 0.422 e. The summed E-state index contributed by atoms with van der Waals surface area (Å²) >= 11 is 0. The molecule has 1 heterocycles. The van der Waals surface area contributed by atoms with Crippen molar-refractivity contribution < 1.29 is 41.8 Å². The lowest BCUT2D eigenvalue weighted by molar-refractivity contribution is -0.153. The summed E-state index contributed by atoms with van der Waals surface area (Å²) < 4.78 is 57.3. The molecule has 1 atom stereocenters. The van der Waals surface area contributed by atoms with Crippen molar-refractivity contribution in [2.24, 2.45) is 0 Å². The number of carbonyl (C=O) groups excluding carboxylic acids is 2. The normalized spacial score (nSPS) is 15.6. The first kappa shape index (κ1) is 29.1. The number of amides is 2. The molecule has 0 aromatic heterocycles. The van der Waals surface area contributed by atoms with Gasteiger partial charge in [-0.3, -0.25) is 14.4 Å². The zero-order valence-electron chi connectivity index (χ0n) is 21.3. The van der Waals surface area contributed by atoms with E-state index in [1.807, 2.05) is 19.6 Å². The number of nitrogens with one attached hydrogen (secondary N) is 1. The van der Waals surface area contributed by atoms with Crippen molar-refractivity contribution in [1.29, 1.82) is 0 Å². The minimum absolute atomic E-state index is 0.0227. The monoisotopic (exact) mass is 554 g/mol. The number of aliphatic carboxylic acids is 1. The fourth-order valence-electron chi connectivity index (χ4n) is 4.36. The molecule has 206 valence electrons. The van der Waals surface area contributed by atoms with E-state index in [-0.39, 0.29) is 43.7 Å². The Kier molecular flexibility index (Phi) is 8.85. The molecule has 0 fully saturated rings. The van der Waals surface area contributed by atoms with Gasteiger partial charge in [-0.2, -0.15) is 13.2 Å². The fourth-order valence-corrected chi connectivity index (χ4v) is 5.73. The van der Waals surface area contributed by atoms with Crippen molar-refractivity contribution in [1.82, 2.24) is 4.90 Å². The zero-order valence-corrected chi connectivity index (χ0v) is 22.3. The van der Waals surface area contributed by atoms with Crippen LogP contribution in [0.1, 0.15) is 36.4 Å². The quantitative estimate of drug-likeness (QED) is 0.348. The molecule has 12 heteroatoms. The molecular weight excluding hydrogens is 524 g/mol. The van der Waals surface area contributed by atoms with Crippen LogP contribution in [0, 0.1) is 5.82 Å². The number of anilines is 1. The number of benzene rings is 2. The lowest BCUT2D eigenvalue weighted by Gasteiger charge is -2.36. The maximum atomic E-state index is 14.8. The summed E-state index contributed by atoms with van der Waals surface area (Å²) in [6, 6.07) is 7.45. The van der Waals surface area contributed by atoms with Crippen molar-refractivity contribution in [2.75, 3.05) is 18.5 Å². The molecule has 7 nitrogen and oxygen atoms in total. The third kappa shape index (κ3) is 7.56. The third-order valence-electron chi connectivity index (χ3n) is 6.14. The Balaban J connectivity index is 1.90. The highest BCUT2D eigenvalue weighted by molar-refractivity contribution is 6.88. The minimum atomic E-state index is -4.52. The van der Waals surface area contributed by atoms with E-state index in [9.17, 15) is 31.9 Å². The number of carboxylic acids is 1. The highest BCUT2D eigenvalue weighted by atomic mass is 28.3. The molecule has 1 aliphatic heterocycles. The Morgan fingerprint density at radius 1 is 1.11 bits per heavy atom. The number of carbonyl (C=O) groups is 3. The van der Waals surface area contributed by atoms with E-state index in [2.05, 4.69) is 5.32 Å². The van der Waals surface area contributed by atoms with Crippen LogP contribution in [0.3, 0.4) is 0 Å². The summed E-state index contributed by atoms with van der Waals surface area (Å²) in [5, 5.41) is 12.1. The minimum Gasteiger partial charge on any atom is -0.484 e. The molecule has 0 spiro atoms. The Morgan fingerprint density at radius 3 is 2.42 bits per heavy atom. The van der Waals surface area contributed by atoms with Gasteiger partial charge in [-0.05, 0) is 53.4 Å². The van der Waals surface area contributed by atoms with Crippen LogP contribution in [0.4, 0.5) is 23.2 Å². The first-order valence-corrected chi connectivity index (χ1v) is 15.6. The van der Waals surface area contributed by atoms with Crippen LogP contribution in [-0.4, -0.2) is 55.2 Å². The van der Waals surface area contributed by atoms with Crippen molar-refractivity contribution in [3.05, 3.63) is 53.3 Å². The van der Waals surface area contributed by atoms with Gasteiger partial charge in [0.2, 0.25) is 5.91 Å². The molecule has 3 rings (SSSR count). The van der Waals surface area contributed by atoms with Crippen LogP contribution in [0.15, 0.2) is 36.4 Å². The molecule has 0 saturated heterocycles. The van der Waals surface area contributed by atoms with E-state index in [0.717, 1.165) is 0 Å². The molecule has 0 bridgehead atoms. The van der Waals surface area contributed by atoms with Gasteiger partial charge < -0.3 is 20.1 Å². The van der Waals surface area contributed by atoms with Gasteiger partial charge in [0.15, 0.2) is 6.61 Å². The highest BCUT2D eigenvalue weighted by Crippen LogP contribution is 2.34. The van der Waals surface area contributed by atoms with E-state index >= 15 is 0 Å². The summed E-state index contributed by atoms with van der Waals surface area (Å²) in [5.41, 5.74) is 1.14. The van der Waals surface area contributed by atoms with E-state index in [4.69, 9.17) is 9.84 Å². The number of hydrogen-bond donors (Lipinski definition) is 2. The van der Waals surface area contributed by atoms with Crippen LogP contribution in [0.5, 0.6) is 5.75 Å². The Hall–Kier alpha value is -3.41. The Morgan fingerprint density at radius 2 is 1.82 bits per heavy atom. The van der Waals surface area contributed by atoms with Crippen LogP contribution in [0.2, 0.25) is 19.6 Å². The number of carboxylic acid groups (broad SMARTS) is 1. The topological polar surface area (TPSA) is 95.9 Å². The highest BCUT2D eigenvalue weighted by Gasteiger charge is 2.36. The molecule has 2 aromatic rings. The van der Waals surface area contributed by atoms with Gasteiger partial charge in [-0.15, -0.1) is 0 Å². The smallest absolute Gasteiger partial charge is 0.422 e. The molecular formula is C26H30F4N2O5Si. The number of halogens is 4. The summed E-state index contributed by atoms with van der Waals surface area (Å²) in [6.45, 7) is 4.58. The predicted molar refractivity (Wildman–Crippen MR) is 136 cm³/mol. The van der Waals surface area contributed by atoms with Crippen LogP contribution in [0.25, 0.3) is 0 Å². The number of rotatable bonds is 9. The number of alkyl halides is 3. The Labute approximate surface area is 218 Å². The molecule has 2 amide bonds. The van der Waals surface area contributed by atoms with Gasteiger partial charge in [0, 0.05) is 25.1 Å². The largest absolute Gasteiger partial charge is 0.484 e. The molecule has 38 heavy (non-hydrogen) atoms. The van der Waals surface area contributed by atoms with Gasteiger partial charge in [-0.1, -0.05) is 31.8 Å². The van der Waals surface area contributed by atoms with Crippen molar-refractivity contribution in [3.8, 4) is 5.75 Å². The average molecular weight is 555 g/mol. The second-order valence-corrected chi connectivity index (χ2v) is 15.2. The van der Waals surface area contributed by atoms with E-state index in [1.54, 1.807) is 12.1 Å². The first-order chi connectivity index (χ1) is 17.7. The number of fused-ring (bicyclic) bond motifs is 1. The third-order valence-corrected chi connectivity index (χ3v) is 8.16. The van der Waals surface area contributed by atoms with E-state index in [1.165, 1.54) is 29.2 Å². The van der Waals surface area contributed by atoms with Crippen molar-refractivity contribution >= 4 is 36.7 Å². The van der Waals surface area contributed by atoms with Crippen LogP contribution in [-0.2, 0) is 20.8 Å². The van der Waals surface area contributed by atoms with Crippen molar-refractivity contribution in [3.63, 3.8) is 0 Å². The predicted octanol–water partition coefficient (Wildman–Crippen LogP) is 4.63. The van der Waals surface area contributed by atoms with Gasteiger partial charge in [0.1, 0.15) is 17.6 Å². The number of ether oxygens (including phenoxy) is 1.